The fourth-order valence-corrected chi connectivity index (χ4v) is 3.22. The maximum absolute atomic E-state index is 12.3. The van der Waals surface area contributed by atoms with Crippen molar-refractivity contribution in [3.05, 3.63) is 51.8 Å². The number of aliphatic hydroxyl groups excluding tert-OH is 1. The number of halogens is 1. The molecule has 2 rings (SSSR count). The van der Waals surface area contributed by atoms with E-state index in [-0.39, 0.29) is 12.4 Å². The summed E-state index contributed by atoms with van der Waals surface area (Å²) in [5.41, 5.74) is 3.82. The summed E-state index contributed by atoms with van der Waals surface area (Å²) in [6, 6.07) is 9.98. The summed E-state index contributed by atoms with van der Waals surface area (Å²) in [6.07, 6.45) is 0. The van der Waals surface area contributed by atoms with Gasteiger partial charge in [-0.2, -0.15) is 11.8 Å². The van der Waals surface area contributed by atoms with Crippen LogP contribution >= 0.6 is 27.7 Å². The van der Waals surface area contributed by atoms with Crippen molar-refractivity contribution in [2.24, 2.45) is 0 Å². The smallest absolute Gasteiger partial charge is 0.174 e. The van der Waals surface area contributed by atoms with Crippen molar-refractivity contribution in [2.75, 3.05) is 18.1 Å². The van der Waals surface area contributed by atoms with Crippen LogP contribution < -0.4 is 0 Å². The number of thioether (sulfide) groups is 1. The average molecular weight is 368 g/mol. The van der Waals surface area contributed by atoms with E-state index in [0.29, 0.717) is 11.5 Å². The minimum Gasteiger partial charge on any atom is -0.396 e. The van der Waals surface area contributed by atoms with Crippen molar-refractivity contribution in [1.29, 1.82) is 0 Å². The van der Waals surface area contributed by atoms with Crippen LogP contribution in [-0.4, -0.2) is 33.6 Å². The quantitative estimate of drug-likeness (QED) is 0.624. The van der Waals surface area contributed by atoms with Crippen molar-refractivity contribution in [3.8, 4) is 5.69 Å². The molecule has 112 valence electrons. The lowest BCUT2D eigenvalue weighted by molar-refractivity contribution is 0.102. The van der Waals surface area contributed by atoms with Crippen molar-refractivity contribution in [2.45, 2.75) is 13.8 Å². The molecular weight excluding hydrogens is 350 g/mol. The fourth-order valence-electron chi connectivity index (χ4n) is 2.34. The zero-order valence-electron chi connectivity index (χ0n) is 12.1. The van der Waals surface area contributed by atoms with E-state index in [1.165, 1.54) is 11.8 Å². The molecule has 1 aromatic heterocycles. The number of rotatable bonds is 6. The SMILES string of the molecule is Cc1cc(C(=O)CSCCO)c(C)n1-c1ccc(Br)cc1. The normalized spacial score (nSPS) is 10.9. The second-order valence-corrected chi connectivity index (χ2v) is 6.82. The van der Waals surface area contributed by atoms with Gasteiger partial charge in [0.25, 0.3) is 0 Å². The second kappa shape index (κ2) is 7.29. The molecule has 0 fully saturated rings. The predicted octanol–water partition coefficient (Wildman–Crippen LogP) is 3.76. The van der Waals surface area contributed by atoms with Gasteiger partial charge in [0.1, 0.15) is 0 Å². The van der Waals surface area contributed by atoms with Gasteiger partial charge in [0.2, 0.25) is 0 Å². The number of aromatic nitrogens is 1. The van der Waals surface area contributed by atoms with Crippen LogP contribution in [0.3, 0.4) is 0 Å². The van der Waals surface area contributed by atoms with Gasteiger partial charge in [-0.15, -0.1) is 0 Å². The fraction of sp³-hybridized carbons (Fsp3) is 0.312. The second-order valence-electron chi connectivity index (χ2n) is 4.80. The Kier molecular flexibility index (Phi) is 5.67. The number of carbonyl (C=O) groups is 1. The van der Waals surface area contributed by atoms with Crippen LogP contribution in [0.4, 0.5) is 0 Å². The molecule has 1 heterocycles. The molecule has 0 unspecified atom stereocenters. The molecule has 1 N–H and O–H groups in total. The number of aliphatic hydroxyl groups is 1. The first-order chi connectivity index (χ1) is 10.0. The Morgan fingerprint density at radius 1 is 1.29 bits per heavy atom. The molecule has 21 heavy (non-hydrogen) atoms. The number of aryl methyl sites for hydroxylation is 1. The number of nitrogens with zero attached hydrogens (tertiary/aromatic N) is 1. The van der Waals surface area contributed by atoms with Crippen LogP contribution in [0.1, 0.15) is 21.7 Å². The van der Waals surface area contributed by atoms with Gasteiger partial charge in [0, 0.05) is 32.9 Å². The maximum atomic E-state index is 12.3. The lowest BCUT2D eigenvalue weighted by Gasteiger charge is -2.10. The summed E-state index contributed by atoms with van der Waals surface area (Å²) in [4.78, 5) is 12.3. The van der Waals surface area contributed by atoms with Crippen molar-refractivity contribution >= 4 is 33.5 Å². The molecule has 2 aromatic rings. The van der Waals surface area contributed by atoms with Crippen LogP contribution in [0.25, 0.3) is 5.69 Å². The molecule has 0 aliphatic rings. The highest BCUT2D eigenvalue weighted by molar-refractivity contribution is 9.10. The first-order valence-electron chi connectivity index (χ1n) is 6.71. The Labute approximate surface area is 137 Å². The zero-order chi connectivity index (χ0) is 15.4. The average Bonchev–Trinajstić information content (AvgIpc) is 2.76. The van der Waals surface area contributed by atoms with Crippen LogP contribution in [0.15, 0.2) is 34.8 Å². The van der Waals surface area contributed by atoms with E-state index < -0.39 is 0 Å². The molecule has 3 nitrogen and oxygen atoms in total. The number of benzene rings is 1. The Hall–Kier alpha value is -1.04. The molecule has 0 saturated carbocycles. The Balaban J connectivity index is 2.29. The number of Topliss-reactive ketones (excluding diaryl/α,β-unsaturated/α-hetero) is 1. The van der Waals surface area contributed by atoms with Gasteiger partial charge in [-0.3, -0.25) is 4.79 Å². The molecule has 0 bridgehead atoms. The highest BCUT2D eigenvalue weighted by Crippen LogP contribution is 2.23. The predicted molar refractivity (Wildman–Crippen MR) is 91.7 cm³/mol. The van der Waals surface area contributed by atoms with Crippen LogP contribution in [0, 0.1) is 13.8 Å². The Morgan fingerprint density at radius 3 is 2.57 bits per heavy atom. The highest BCUT2D eigenvalue weighted by atomic mass is 79.9. The summed E-state index contributed by atoms with van der Waals surface area (Å²) < 4.78 is 3.13. The molecule has 0 amide bonds. The van der Waals surface area contributed by atoms with E-state index >= 15 is 0 Å². The summed E-state index contributed by atoms with van der Waals surface area (Å²) in [7, 11) is 0. The maximum Gasteiger partial charge on any atom is 0.174 e. The molecule has 0 spiro atoms. The van der Waals surface area contributed by atoms with Crippen molar-refractivity contribution in [3.63, 3.8) is 0 Å². The minimum absolute atomic E-state index is 0.107. The lowest BCUT2D eigenvalue weighted by atomic mass is 10.2. The monoisotopic (exact) mass is 367 g/mol. The third-order valence-corrected chi connectivity index (χ3v) is 4.75. The van der Waals surface area contributed by atoms with Gasteiger partial charge in [-0.05, 0) is 44.2 Å². The molecule has 0 saturated heterocycles. The molecule has 0 aliphatic heterocycles. The molecule has 0 atom stereocenters. The topological polar surface area (TPSA) is 42.2 Å². The lowest BCUT2D eigenvalue weighted by Crippen LogP contribution is -2.06. The Bertz CT molecular complexity index is 634. The van der Waals surface area contributed by atoms with Crippen LogP contribution in [0.2, 0.25) is 0 Å². The van der Waals surface area contributed by atoms with Crippen molar-refractivity contribution < 1.29 is 9.90 Å². The van der Waals surface area contributed by atoms with Gasteiger partial charge in [0.15, 0.2) is 5.78 Å². The zero-order valence-corrected chi connectivity index (χ0v) is 14.5. The van der Waals surface area contributed by atoms with Gasteiger partial charge < -0.3 is 9.67 Å². The molecule has 0 radical (unpaired) electrons. The van der Waals surface area contributed by atoms with Crippen LogP contribution in [0.5, 0.6) is 0 Å². The number of carbonyl (C=O) groups excluding carboxylic acids is 1. The van der Waals surface area contributed by atoms with Crippen molar-refractivity contribution in [1.82, 2.24) is 4.57 Å². The standard InChI is InChI=1S/C16H18BrNO2S/c1-11-9-15(16(20)10-21-8-7-19)12(2)18(11)14-5-3-13(17)4-6-14/h3-6,9,19H,7-8,10H2,1-2H3. The highest BCUT2D eigenvalue weighted by Gasteiger charge is 2.16. The van der Waals surface area contributed by atoms with E-state index in [4.69, 9.17) is 5.11 Å². The van der Waals surface area contributed by atoms with Crippen LogP contribution in [-0.2, 0) is 0 Å². The molecular formula is C16H18BrNO2S. The third-order valence-electron chi connectivity index (χ3n) is 3.29. The van der Waals surface area contributed by atoms with E-state index in [9.17, 15) is 4.79 Å². The van der Waals surface area contributed by atoms with Gasteiger partial charge in [-0.25, -0.2) is 0 Å². The first-order valence-corrected chi connectivity index (χ1v) is 8.66. The third kappa shape index (κ3) is 3.78. The summed E-state index contributed by atoms with van der Waals surface area (Å²) in [6.45, 7) is 4.08. The molecule has 5 heteroatoms. The van der Waals surface area contributed by atoms with E-state index in [2.05, 4.69) is 20.5 Å². The van der Waals surface area contributed by atoms with Gasteiger partial charge >= 0.3 is 0 Å². The molecule has 0 aliphatic carbocycles. The van der Waals surface area contributed by atoms with E-state index in [0.717, 1.165) is 27.1 Å². The molecule has 1 aromatic carbocycles. The van der Waals surface area contributed by atoms with E-state index in [1.807, 2.05) is 44.2 Å². The summed E-state index contributed by atoms with van der Waals surface area (Å²) in [5, 5.41) is 8.78. The number of hydrogen-bond acceptors (Lipinski definition) is 3. The number of hydrogen-bond donors (Lipinski definition) is 1. The largest absolute Gasteiger partial charge is 0.396 e. The minimum atomic E-state index is 0.107. The Morgan fingerprint density at radius 2 is 1.95 bits per heavy atom. The van der Waals surface area contributed by atoms with Gasteiger partial charge in [0.05, 0.1) is 12.4 Å². The first kappa shape index (κ1) is 16.3. The summed E-state index contributed by atoms with van der Waals surface area (Å²) in [5.74, 6) is 1.12. The van der Waals surface area contributed by atoms with Gasteiger partial charge in [-0.1, -0.05) is 15.9 Å². The van der Waals surface area contributed by atoms with E-state index in [1.54, 1.807) is 0 Å². The summed E-state index contributed by atoms with van der Waals surface area (Å²) >= 11 is 4.89. The number of ketones is 1.